The molecule has 0 saturated carbocycles. The van der Waals surface area contributed by atoms with Crippen LogP contribution in [0.2, 0.25) is 0 Å². The van der Waals surface area contributed by atoms with E-state index in [4.69, 9.17) is 0 Å². The number of rotatable bonds is 3. The lowest BCUT2D eigenvalue weighted by Gasteiger charge is -2.45. The van der Waals surface area contributed by atoms with Gasteiger partial charge in [0.2, 0.25) is 11.8 Å². The van der Waals surface area contributed by atoms with Crippen LogP contribution in [0.1, 0.15) is 49.9 Å². The van der Waals surface area contributed by atoms with E-state index in [0.29, 0.717) is 6.42 Å². The zero-order valence-electron chi connectivity index (χ0n) is 12.7. The summed E-state index contributed by atoms with van der Waals surface area (Å²) >= 11 is 1.68. The molecule has 2 amide bonds. The molecule has 0 radical (unpaired) electrons. The quantitative estimate of drug-likeness (QED) is 0.931. The van der Waals surface area contributed by atoms with Crippen LogP contribution < -0.4 is 5.32 Å². The number of hydrogen-bond acceptors (Lipinski definition) is 3. The Kier molecular flexibility index (Phi) is 3.91. The Bertz CT molecular complexity index is 540. The third-order valence-electron chi connectivity index (χ3n) is 4.20. The summed E-state index contributed by atoms with van der Waals surface area (Å²) in [6.45, 7) is 9.56. The average Bonchev–Trinajstić information content (AvgIpc) is 2.83. The van der Waals surface area contributed by atoms with Gasteiger partial charge in [0.25, 0.3) is 0 Å². The average molecular weight is 294 g/mol. The topological polar surface area (TPSA) is 49.4 Å². The molecule has 1 saturated heterocycles. The summed E-state index contributed by atoms with van der Waals surface area (Å²) in [4.78, 5) is 29.0. The molecule has 1 aromatic rings. The monoisotopic (exact) mass is 294 g/mol. The SMILES string of the molecule is CCC1(C)NC(=O)C(C)N(C(C)c2ccc(C)s2)C1=O. The lowest BCUT2D eigenvalue weighted by Crippen LogP contribution is -2.68. The van der Waals surface area contributed by atoms with Gasteiger partial charge in [-0.05, 0) is 46.2 Å². The van der Waals surface area contributed by atoms with Crippen molar-refractivity contribution in [1.82, 2.24) is 10.2 Å². The van der Waals surface area contributed by atoms with Gasteiger partial charge in [-0.1, -0.05) is 6.92 Å². The van der Waals surface area contributed by atoms with Gasteiger partial charge in [0, 0.05) is 9.75 Å². The molecule has 1 fully saturated rings. The number of nitrogens with zero attached hydrogens (tertiary/aromatic N) is 1. The number of nitrogens with one attached hydrogen (secondary N) is 1. The van der Waals surface area contributed by atoms with E-state index < -0.39 is 11.6 Å². The van der Waals surface area contributed by atoms with Crippen molar-refractivity contribution in [3.05, 3.63) is 21.9 Å². The van der Waals surface area contributed by atoms with Crippen molar-refractivity contribution in [3.63, 3.8) is 0 Å². The molecule has 0 aliphatic carbocycles. The summed E-state index contributed by atoms with van der Waals surface area (Å²) in [6, 6.07) is 3.59. The minimum absolute atomic E-state index is 0.00523. The summed E-state index contributed by atoms with van der Waals surface area (Å²) in [6.07, 6.45) is 0.594. The number of carbonyl (C=O) groups excluding carboxylic acids is 2. The molecule has 2 heterocycles. The van der Waals surface area contributed by atoms with E-state index in [0.717, 1.165) is 4.88 Å². The van der Waals surface area contributed by atoms with Crippen LogP contribution in [-0.2, 0) is 9.59 Å². The minimum Gasteiger partial charge on any atom is -0.340 e. The van der Waals surface area contributed by atoms with Crippen molar-refractivity contribution in [2.45, 2.75) is 58.7 Å². The van der Waals surface area contributed by atoms with Crippen LogP contribution in [0.4, 0.5) is 0 Å². The highest BCUT2D eigenvalue weighted by molar-refractivity contribution is 7.12. The van der Waals surface area contributed by atoms with Crippen LogP contribution in [0.3, 0.4) is 0 Å². The molecule has 4 nitrogen and oxygen atoms in total. The van der Waals surface area contributed by atoms with Crippen molar-refractivity contribution < 1.29 is 9.59 Å². The third-order valence-corrected chi connectivity index (χ3v) is 5.37. The normalized spacial score (nSPS) is 28.4. The zero-order chi connectivity index (χ0) is 15.1. The van der Waals surface area contributed by atoms with Crippen LogP contribution >= 0.6 is 11.3 Å². The lowest BCUT2D eigenvalue weighted by atomic mass is 9.91. The van der Waals surface area contributed by atoms with Gasteiger partial charge in [0.15, 0.2) is 0 Å². The molecule has 1 aliphatic heterocycles. The molecule has 5 heteroatoms. The van der Waals surface area contributed by atoms with Gasteiger partial charge in [0.1, 0.15) is 11.6 Å². The van der Waals surface area contributed by atoms with Crippen LogP contribution in [0, 0.1) is 6.92 Å². The van der Waals surface area contributed by atoms with Crippen LogP contribution in [0.15, 0.2) is 12.1 Å². The second-order valence-corrected chi connectivity index (χ2v) is 7.01. The van der Waals surface area contributed by atoms with E-state index >= 15 is 0 Å². The summed E-state index contributed by atoms with van der Waals surface area (Å²) < 4.78 is 0. The number of thiophene rings is 1. The van der Waals surface area contributed by atoms with Gasteiger partial charge < -0.3 is 10.2 Å². The number of carbonyl (C=O) groups is 2. The maximum absolute atomic E-state index is 12.8. The number of piperazine rings is 1. The molecule has 2 rings (SSSR count). The van der Waals surface area contributed by atoms with E-state index in [1.165, 1.54) is 4.88 Å². The number of amides is 2. The maximum Gasteiger partial charge on any atom is 0.249 e. The largest absolute Gasteiger partial charge is 0.340 e. The molecular formula is C15H22N2O2S. The Morgan fingerprint density at radius 2 is 2.10 bits per heavy atom. The first kappa shape index (κ1) is 15.0. The van der Waals surface area contributed by atoms with Gasteiger partial charge in [-0.3, -0.25) is 9.59 Å². The predicted octanol–water partition coefficient (Wildman–Crippen LogP) is 2.63. The van der Waals surface area contributed by atoms with Crippen molar-refractivity contribution in [3.8, 4) is 0 Å². The van der Waals surface area contributed by atoms with Crippen LogP contribution in [0.5, 0.6) is 0 Å². The van der Waals surface area contributed by atoms with E-state index in [1.807, 2.05) is 26.8 Å². The van der Waals surface area contributed by atoms with Gasteiger partial charge in [-0.2, -0.15) is 0 Å². The van der Waals surface area contributed by atoms with Gasteiger partial charge in [0.05, 0.1) is 6.04 Å². The molecule has 3 unspecified atom stereocenters. The van der Waals surface area contributed by atoms with E-state index in [-0.39, 0.29) is 17.9 Å². The van der Waals surface area contributed by atoms with Crippen LogP contribution in [-0.4, -0.2) is 28.3 Å². The first-order chi connectivity index (χ1) is 9.30. The van der Waals surface area contributed by atoms with Gasteiger partial charge >= 0.3 is 0 Å². The molecule has 20 heavy (non-hydrogen) atoms. The molecular weight excluding hydrogens is 272 g/mol. The Balaban J connectivity index is 2.36. The highest BCUT2D eigenvalue weighted by Crippen LogP contribution is 2.33. The van der Waals surface area contributed by atoms with Gasteiger partial charge in [-0.15, -0.1) is 11.3 Å². The second kappa shape index (κ2) is 5.20. The summed E-state index contributed by atoms with van der Waals surface area (Å²) in [5, 5.41) is 2.86. The van der Waals surface area contributed by atoms with E-state index in [1.54, 1.807) is 30.1 Å². The summed E-state index contributed by atoms with van der Waals surface area (Å²) in [5.41, 5.74) is -0.788. The lowest BCUT2D eigenvalue weighted by molar-refractivity contribution is -0.156. The first-order valence-corrected chi connectivity index (χ1v) is 7.83. The van der Waals surface area contributed by atoms with Gasteiger partial charge in [-0.25, -0.2) is 0 Å². The molecule has 0 bridgehead atoms. The molecule has 110 valence electrons. The van der Waals surface area contributed by atoms with Crippen LogP contribution in [0.25, 0.3) is 0 Å². The molecule has 1 aromatic heterocycles. The highest BCUT2D eigenvalue weighted by Gasteiger charge is 2.47. The predicted molar refractivity (Wildman–Crippen MR) is 80.6 cm³/mol. The number of aryl methyl sites for hydroxylation is 1. The molecule has 0 aromatic carbocycles. The van der Waals surface area contributed by atoms with Crippen molar-refractivity contribution in [2.75, 3.05) is 0 Å². The van der Waals surface area contributed by atoms with Crippen molar-refractivity contribution >= 4 is 23.2 Å². The second-order valence-electron chi connectivity index (χ2n) is 5.69. The standard InChI is InChI=1S/C15H22N2O2S/c1-6-15(5)14(19)17(11(4)13(18)16-15)10(3)12-8-7-9(2)20-12/h7-8,10-11H,6H2,1-5H3,(H,16,18). The Morgan fingerprint density at radius 1 is 1.45 bits per heavy atom. The smallest absolute Gasteiger partial charge is 0.249 e. The summed E-state index contributed by atoms with van der Waals surface area (Å²) in [7, 11) is 0. The first-order valence-electron chi connectivity index (χ1n) is 7.01. The fourth-order valence-electron chi connectivity index (χ4n) is 2.58. The van der Waals surface area contributed by atoms with Crippen molar-refractivity contribution in [2.24, 2.45) is 0 Å². The molecule has 0 spiro atoms. The minimum atomic E-state index is -0.788. The molecule has 1 N–H and O–H groups in total. The molecule has 1 aliphatic rings. The van der Waals surface area contributed by atoms with E-state index in [2.05, 4.69) is 11.4 Å². The summed E-state index contributed by atoms with van der Waals surface area (Å²) in [5.74, 6) is -0.0697. The third kappa shape index (κ3) is 2.35. The Morgan fingerprint density at radius 3 is 2.60 bits per heavy atom. The zero-order valence-corrected chi connectivity index (χ0v) is 13.5. The fourth-order valence-corrected chi connectivity index (χ4v) is 3.51. The Hall–Kier alpha value is -1.36. The fraction of sp³-hybridized carbons (Fsp3) is 0.600. The Labute approximate surface area is 124 Å². The number of hydrogen-bond donors (Lipinski definition) is 1. The highest BCUT2D eigenvalue weighted by atomic mass is 32.1. The van der Waals surface area contributed by atoms with Crippen molar-refractivity contribution in [1.29, 1.82) is 0 Å². The maximum atomic E-state index is 12.8. The molecule has 3 atom stereocenters. The van der Waals surface area contributed by atoms with E-state index in [9.17, 15) is 9.59 Å².